The maximum atomic E-state index is 11.9. The van der Waals surface area contributed by atoms with Crippen molar-refractivity contribution in [3.8, 4) is 5.75 Å². The molecule has 0 aliphatic rings. The molecule has 0 bridgehead atoms. The van der Waals surface area contributed by atoms with Gasteiger partial charge in [-0.25, -0.2) is 0 Å². The van der Waals surface area contributed by atoms with E-state index in [1.165, 1.54) is 18.2 Å². The first kappa shape index (κ1) is 11.4. The number of hydrogen-bond acceptors (Lipinski definition) is 3. The van der Waals surface area contributed by atoms with Gasteiger partial charge in [0.25, 0.3) is 0 Å². The third-order valence-corrected chi connectivity index (χ3v) is 1.53. The Balaban J connectivity index is 2.69. The Bertz CT molecular complexity index is 345. The van der Waals surface area contributed by atoms with E-state index in [2.05, 4.69) is 10.1 Å². The molecule has 0 aliphatic carbocycles. The molecule has 0 atom stereocenters. The summed E-state index contributed by atoms with van der Waals surface area (Å²) in [6, 6.07) is 5.69. The molecule has 0 unspecified atom stereocenters. The molecule has 0 fully saturated rings. The summed E-state index contributed by atoms with van der Waals surface area (Å²) in [6.07, 6.45) is 0. The monoisotopic (exact) mass is 216 g/mol. The van der Waals surface area contributed by atoms with Crippen molar-refractivity contribution in [1.82, 2.24) is 0 Å². The quantitative estimate of drug-likeness (QED) is 0.794. The zero-order valence-corrected chi connectivity index (χ0v) is 7.74. The third-order valence-electron chi connectivity index (χ3n) is 1.53. The van der Waals surface area contributed by atoms with Gasteiger partial charge in [0.05, 0.1) is 6.54 Å². The Labute approximate surface area is 85.0 Å². The fourth-order valence-corrected chi connectivity index (χ4v) is 0.962. The Morgan fingerprint density at radius 3 is 2.87 bits per heavy atom. The fourth-order valence-electron chi connectivity index (χ4n) is 0.962. The molecule has 1 aromatic carbocycles. The first-order valence-corrected chi connectivity index (χ1v) is 4.16. The largest absolute Gasteiger partial charge is 0.435 e. The van der Waals surface area contributed by atoms with Gasteiger partial charge in [0, 0.05) is 11.8 Å². The van der Waals surface area contributed by atoms with E-state index in [4.69, 9.17) is 5.73 Å². The number of rotatable bonds is 4. The zero-order chi connectivity index (χ0) is 11.3. The molecule has 82 valence electrons. The van der Waals surface area contributed by atoms with Gasteiger partial charge >= 0.3 is 6.61 Å². The van der Waals surface area contributed by atoms with E-state index < -0.39 is 12.5 Å². The molecule has 0 radical (unpaired) electrons. The second-order valence-corrected chi connectivity index (χ2v) is 2.66. The number of hydrogen-bond donors (Lipinski definition) is 2. The van der Waals surface area contributed by atoms with E-state index in [0.717, 1.165) is 0 Å². The van der Waals surface area contributed by atoms with Gasteiger partial charge in [0.15, 0.2) is 0 Å². The average molecular weight is 216 g/mol. The van der Waals surface area contributed by atoms with Crippen molar-refractivity contribution in [2.45, 2.75) is 6.61 Å². The summed E-state index contributed by atoms with van der Waals surface area (Å²) < 4.78 is 27.9. The van der Waals surface area contributed by atoms with Crippen LogP contribution in [0.3, 0.4) is 0 Å². The molecule has 15 heavy (non-hydrogen) atoms. The Morgan fingerprint density at radius 2 is 2.27 bits per heavy atom. The predicted molar refractivity (Wildman–Crippen MR) is 50.8 cm³/mol. The van der Waals surface area contributed by atoms with Crippen LogP contribution < -0.4 is 15.8 Å². The van der Waals surface area contributed by atoms with Crippen molar-refractivity contribution >= 4 is 11.6 Å². The normalized spacial score (nSPS) is 10.1. The molecule has 0 aromatic heterocycles. The molecule has 0 saturated heterocycles. The van der Waals surface area contributed by atoms with E-state index in [9.17, 15) is 13.6 Å². The summed E-state index contributed by atoms with van der Waals surface area (Å²) in [5.74, 6) is -0.413. The zero-order valence-electron chi connectivity index (χ0n) is 7.74. The first-order chi connectivity index (χ1) is 7.11. The maximum Gasteiger partial charge on any atom is 0.387 e. The lowest BCUT2D eigenvalue weighted by atomic mass is 10.3. The molecule has 1 amide bonds. The number of anilines is 1. The van der Waals surface area contributed by atoms with Crippen LogP contribution in [-0.4, -0.2) is 19.1 Å². The van der Waals surface area contributed by atoms with Crippen molar-refractivity contribution in [3.63, 3.8) is 0 Å². The molecule has 0 aliphatic heterocycles. The molecule has 0 saturated carbocycles. The molecule has 1 aromatic rings. The van der Waals surface area contributed by atoms with Crippen molar-refractivity contribution in [1.29, 1.82) is 0 Å². The van der Waals surface area contributed by atoms with Crippen molar-refractivity contribution in [2.24, 2.45) is 5.73 Å². The minimum absolute atomic E-state index is 0.0141. The Morgan fingerprint density at radius 1 is 1.53 bits per heavy atom. The van der Waals surface area contributed by atoms with E-state index >= 15 is 0 Å². The number of benzene rings is 1. The minimum atomic E-state index is -2.88. The standard InChI is InChI=1S/C9H10F2N2O2/c10-9(11)15-7-3-1-2-6(4-7)13-8(14)5-12/h1-4,9H,5,12H2,(H,13,14). The van der Waals surface area contributed by atoms with Gasteiger partial charge < -0.3 is 15.8 Å². The average Bonchev–Trinajstić information content (AvgIpc) is 2.17. The molecule has 6 heteroatoms. The number of alkyl halides is 2. The summed E-state index contributed by atoms with van der Waals surface area (Å²) in [5, 5.41) is 2.42. The van der Waals surface area contributed by atoms with Gasteiger partial charge in [0.2, 0.25) is 5.91 Å². The number of amides is 1. The van der Waals surface area contributed by atoms with Crippen LogP contribution in [0.2, 0.25) is 0 Å². The van der Waals surface area contributed by atoms with E-state index in [-0.39, 0.29) is 12.3 Å². The van der Waals surface area contributed by atoms with Gasteiger partial charge in [-0.1, -0.05) is 6.07 Å². The number of nitrogens with two attached hydrogens (primary N) is 1. The van der Waals surface area contributed by atoms with Crippen LogP contribution in [-0.2, 0) is 4.79 Å². The van der Waals surface area contributed by atoms with Crippen LogP contribution >= 0.6 is 0 Å². The molecule has 3 N–H and O–H groups in total. The SMILES string of the molecule is NCC(=O)Nc1cccc(OC(F)F)c1. The van der Waals surface area contributed by atoms with E-state index in [1.54, 1.807) is 6.07 Å². The van der Waals surface area contributed by atoms with Crippen LogP contribution in [0.25, 0.3) is 0 Å². The van der Waals surface area contributed by atoms with E-state index in [0.29, 0.717) is 5.69 Å². The summed E-state index contributed by atoms with van der Waals surface area (Å²) in [7, 11) is 0. The molecule has 1 rings (SSSR count). The van der Waals surface area contributed by atoms with Crippen LogP contribution in [0.4, 0.5) is 14.5 Å². The number of carbonyl (C=O) groups excluding carboxylic acids is 1. The topological polar surface area (TPSA) is 64.4 Å². The lowest BCUT2D eigenvalue weighted by Crippen LogP contribution is -2.21. The smallest absolute Gasteiger partial charge is 0.387 e. The summed E-state index contributed by atoms with van der Waals surface area (Å²) >= 11 is 0. The highest BCUT2D eigenvalue weighted by atomic mass is 19.3. The second kappa shape index (κ2) is 5.26. The molecule has 0 spiro atoms. The van der Waals surface area contributed by atoms with Crippen molar-refractivity contribution < 1.29 is 18.3 Å². The highest BCUT2D eigenvalue weighted by molar-refractivity contribution is 5.92. The first-order valence-electron chi connectivity index (χ1n) is 4.16. The Kier molecular flexibility index (Phi) is 3.99. The van der Waals surface area contributed by atoms with Gasteiger partial charge in [-0.05, 0) is 12.1 Å². The van der Waals surface area contributed by atoms with Gasteiger partial charge in [-0.2, -0.15) is 8.78 Å². The van der Waals surface area contributed by atoms with Crippen LogP contribution in [0.5, 0.6) is 5.75 Å². The Hall–Kier alpha value is -1.69. The lowest BCUT2D eigenvalue weighted by molar-refractivity contribution is -0.114. The van der Waals surface area contributed by atoms with Crippen molar-refractivity contribution in [2.75, 3.05) is 11.9 Å². The molecule has 0 heterocycles. The number of halogens is 2. The predicted octanol–water partition coefficient (Wildman–Crippen LogP) is 1.19. The van der Waals surface area contributed by atoms with Crippen molar-refractivity contribution in [3.05, 3.63) is 24.3 Å². The minimum Gasteiger partial charge on any atom is -0.435 e. The lowest BCUT2D eigenvalue weighted by Gasteiger charge is -2.07. The van der Waals surface area contributed by atoms with E-state index in [1.807, 2.05) is 0 Å². The van der Waals surface area contributed by atoms with Crippen LogP contribution in [0.1, 0.15) is 0 Å². The fraction of sp³-hybridized carbons (Fsp3) is 0.222. The number of ether oxygens (including phenoxy) is 1. The summed E-state index contributed by atoms with van der Waals surface area (Å²) in [5.41, 5.74) is 5.44. The van der Waals surface area contributed by atoms with Crippen LogP contribution in [0, 0.1) is 0 Å². The highest BCUT2D eigenvalue weighted by Crippen LogP contribution is 2.18. The molecular weight excluding hydrogens is 206 g/mol. The van der Waals surface area contributed by atoms with Gasteiger partial charge in [0.1, 0.15) is 5.75 Å². The summed E-state index contributed by atoms with van der Waals surface area (Å²) in [6.45, 7) is -3.05. The summed E-state index contributed by atoms with van der Waals surface area (Å²) in [4.78, 5) is 10.9. The number of carbonyl (C=O) groups is 1. The van der Waals surface area contributed by atoms with Gasteiger partial charge in [-0.15, -0.1) is 0 Å². The number of nitrogens with one attached hydrogen (secondary N) is 1. The van der Waals surface area contributed by atoms with Gasteiger partial charge in [-0.3, -0.25) is 4.79 Å². The molecular formula is C9H10F2N2O2. The maximum absolute atomic E-state index is 11.9. The molecule has 4 nitrogen and oxygen atoms in total. The highest BCUT2D eigenvalue weighted by Gasteiger charge is 2.05. The third kappa shape index (κ3) is 3.90. The van der Waals surface area contributed by atoms with Crippen LogP contribution in [0.15, 0.2) is 24.3 Å². The second-order valence-electron chi connectivity index (χ2n) is 2.66.